The van der Waals surface area contributed by atoms with E-state index in [1.807, 2.05) is 6.92 Å². The smallest absolute Gasteiger partial charge is 0.258 e. The van der Waals surface area contributed by atoms with E-state index in [0.29, 0.717) is 11.3 Å². The standard InChI is InChI=1S/C15H17N3O2S/c1-9-7-12(6-5-11(9)8-16)17-13(20)15(3,4)18(10(2)19)14(17)21/h5-7,10,19H,1-4H3. The third-order valence-corrected chi connectivity index (χ3v) is 4.07. The Hall–Kier alpha value is -1.97. The number of nitrogens with zero attached hydrogens (tertiary/aromatic N) is 3. The number of benzene rings is 1. The summed E-state index contributed by atoms with van der Waals surface area (Å²) >= 11 is 5.36. The van der Waals surface area contributed by atoms with Crippen LogP contribution in [0.25, 0.3) is 0 Å². The Kier molecular flexibility index (Phi) is 3.74. The number of hydrogen-bond donors (Lipinski definition) is 1. The van der Waals surface area contributed by atoms with Gasteiger partial charge in [0, 0.05) is 0 Å². The minimum absolute atomic E-state index is 0.197. The van der Waals surface area contributed by atoms with Crippen molar-refractivity contribution in [1.82, 2.24) is 4.90 Å². The van der Waals surface area contributed by atoms with Gasteiger partial charge in [0.05, 0.1) is 17.3 Å². The molecule has 1 atom stereocenters. The highest BCUT2D eigenvalue weighted by atomic mass is 32.1. The number of carbonyl (C=O) groups is 1. The third kappa shape index (κ3) is 2.28. The number of aryl methyl sites for hydroxylation is 1. The first-order valence-corrected chi connectivity index (χ1v) is 6.99. The maximum Gasteiger partial charge on any atom is 0.258 e. The number of hydrogen-bond acceptors (Lipinski definition) is 4. The molecule has 1 aromatic carbocycles. The quantitative estimate of drug-likeness (QED) is 0.845. The maximum atomic E-state index is 12.6. The van der Waals surface area contributed by atoms with Gasteiger partial charge in [-0.1, -0.05) is 0 Å². The summed E-state index contributed by atoms with van der Waals surface area (Å²) < 4.78 is 0. The molecule has 1 aliphatic heterocycles. The van der Waals surface area contributed by atoms with Gasteiger partial charge in [-0.25, -0.2) is 0 Å². The molecule has 1 fully saturated rings. The third-order valence-electron chi connectivity index (χ3n) is 3.69. The fourth-order valence-electron chi connectivity index (χ4n) is 2.58. The normalized spacial score (nSPS) is 18.9. The van der Waals surface area contributed by atoms with Gasteiger partial charge in [-0.3, -0.25) is 9.69 Å². The van der Waals surface area contributed by atoms with Gasteiger partial charge in [0.15, 0.2) is 5.11 Å². The van der Waals surface area contributed by atoms with Crippen molar-refractivity contribution in [2.75, 3.05) is 4.90 Å². The van der Waals surface area contributed by atoms with E-state index >= 15 is 0 Å². The van der Waals surface area contributed by atoms with Crippen LogP contribution in [0.2, 0.25) is 0 Å². The molecule has 1 saturated heterocycles. The number of amides is 1. The number of rotatable bonds is 2. The zero-order valence-electron chi connectivity index (χ0n) is 12.4. The molecular weight excluding hydrogens is 286 g/mol. The second-order valence-electron chi connectivity index (χ2n) is 5.60. The lowest BCUT2D eigenvalue weighted by molar-refractivity contribution is -0.126. The van der Waals surface area contributed by atoms with Crippen LogP contribution >= 0.6 is 12.2 Å². The van der Waals surface area contributed by atoms with Gasteiger partial charge in [-0.05, 0) is 63.7 Å². The van der Waals surface area contributed by atoms with Crippen LogP contribution in [-0.2, 0) is 4.79 Å². The summed E-state index contributed by atoms with van der Waals surface area (Å²) in [5.41, 5.74) is 1.03. The average molecular weight is 303 g/mol. The van der Waals surface area contributed by atoms with E-state index in [1.54, 1.807) is 39.0 Å². The first kappa shape index (κ1) is 15.4. The highest BCUT2D eigenvalue weighted by molar-refractivity contribution is 7.80. The summed E-state index contributed by atoms with van der Waals surface area (Å²) in [6, 6.07) is 7.20. The van der Waals surface area contributed by atoms with Gasteiger partial charge in [0.1, 0.15) is 11.8 Å². The summed E-state index contributed by atoms with van der Waals surface area (Å²) in [6.45, 7) is 6.84. The van der Waals surface area contributed by atoms with Gasteiger partial charge in [0.25, 0.3) is 5.91 Å². The van der Waals surface area contributed by atoms with Gasteiger partial charge < -0.3 is 10.0 Å². The minimum Gasteiger partial charge on any atom is -0.374 e. The van der Waals surface area contributed by atoms with Crippen LogP contribution in [0.15, 0.2) is 18.2 Å². The lowest BCUT2D eigenvalue weighted by Crippen LogP contribution is -2.48. The fraction of sp³-hybridized carbons (Fsp3) is 0.400. The van der Waals surface area contributed by atoms with E-state index in [-0.39, 0.29) is 11.0 Å². The van der Waals surface area contributed by atoms with Crippen LogP contribution in [0.4, 0.5) is 5.69 Å². The molecule has 1 aliphatic rings. The van der Waals surface area contributed by atoms with Crippen molar-refractivity contribution in [3.63, 3.8) is 0 Å². The summed E-state index contributed by atoms with van der Waals surface area (Å²) in [7, 11) is 0. The lowest BCUT2D eigenvalue weighted by atomic mass is 10.0. The largest absolute Gasteiger partial charge is 0.374 e. The van der Waals surface area contributed by atoms with Crippen LogP contribution in [0, 0.1) is 18.3 Å². The molecule has 1 amide bonds. The SMILES string of the molecule is Cc1cc(N2C(=O)C(C)(C)N(C(C)O)C2=S)ccc1C#N. The molecule has 0 spiro atoms. The maximum absolute atomic E-state index is 12.6. The molecule has 0 aromatic heterocycles. The number of aliphatic hydroxyl groups excluding tert-OH is 1. The monoisotopic (exact) mass is 303 g/mol. The van der Waals surface area contributed by atoms with Gasteiger partial charge >= 0.3 is 0 Å². The second kappa shape index (κ2) is 5.10. The first-order valence-electron chi connectivity index (χ1n) is 6.58. The van der Waals surface area contributed by atoms with Crippen LogP contribution in [0.5, 0.6) is 0 Å². The summed E-state index contributed by atoms with van der Waals surface area (Å²) in [5, 5.41) is 19.1. The Balaban J connectivity index is 2.50. The molecule has 1 unspecified atom stereocenters. The zero-order chi connectivity index (χ0) is 15.9. The van der Waals surface area contributed by atoms with Crippen molar-refractivity contribution in [3.8, 4) is 6.07 Å². The highest BCUT2D eigenvalue weighted by Crippen LogP contribution is 2.33. The Morgan fingerprint density at radius 2 is 2.05 bits per heavy atom. The summed E-state index contributed by atoms with van der Waals surface area (Å²) in [6.07, 6.45) is -0.860. The lowest BCUT2D eigenvalue weighted by Gasteiger charge is -2.31. The molecule has 21 heavy (non-hydrogen) atoms. The van der Waals surface area contributed by atoms with Crippen LogP contribution in [0.1, 0.15) is 31.9 Å². The van der Waals surface area contributed by atoms with Crippen molar-refractivity contribution < 1.29 is 9.90 Å². The summed E-state index contributed by atoms with van der Waals surface area (Å²) in [4.78, 5) is 15.6. The van der Waals surface area contributed by atoms with E-state index in [1.165, 1.54) is 9.80 Å². The molecule has 1 N–H and O–H groups in total. The zero-order valence-corrected chi connectivity index (χ0v) is 13.2. The van der Waals surface area contributed by atoms with E-state index in [4.69, 9.17) is 17.5 Å². The predicted octanol–water partition coefficient (Wildman–Crippen LogP) is 1.92. The van der Waals surface area contributed by atoms with Crippen molar-refractivity contribution in [2.45, 2.75) is 39.5 Å². The molecule has 0 radical (unpaired) electrons. The Labute approximate surface area is 129 Å². The Bertz CT molecular complexity index is 661. The van der Waals surface area contributed by atoms with Crippen molar-refractivity contribution in [3.05, 3.63) is 29.3 Å². The van der Waals surface area contributed by atoms with Crippen molar-refractivity contribution in [1.29, 1.82) is 5.26 Å². The molecule has 1 aromatic rings. The van der Waals surface area contributed by atoms with E-state index in [2.05, 4.69) is 6.07 Å². The molecular formula is C15H17N3O2S. The summed E-state index contributed by atoms with van der Waals surface area (Å²) in [5.74, 6) is -0.197. The van der Waals surface area contributed by atoms with Crippen LogP contribution in [-0.4, -0.2) is 32.8 Å². The fourth-order valence-corrected chi connectivity index (χ4v) is 3.15. The van der Waals surface area contributed by atoms with Gasteiger partial charge in [0.2, 0.25) is 0 Å². The van der Waals surface area contributed by atoms with Crippen LogP contribution < -0.4 is 4.90 Å². The molecule has 6 heteroatoms. The van der Waals surface area contributed by atoms with E-state index in [0.717, 1.165) is 5.56 Å². The molecule has 1 heterocycles. The molecule has 0 aliphatic carbocycles. The van der Waals surface area contributed by atoms with Crippen molar-refractivity contribution >= 4 is 28.9 Å². The number of thiocarbonyl (C=S) groups is 1. The van der Waals surface area contributed by atoms with E-state index in [9.17, 15) is 9.90 Å². The molecule has 2 rings (SSSR count). The van der Waals surface area contributed by atoms with Crippen molar-refractivity contribution in [2.24, 2.45) is 0 Å². The molecule has 0 bridgehead atoms. The molecule has 5 nitrogen and oxygen atoms in total. The number of aliphatic hydroxyl groups is 1. The topological polar surface area (TPSA) is 67.6 Å². The molecule has 110 valence electrons. The Morgan fingerprint density at radius 1 is 1.43 bits per heavy atom. The Morgan fingerprint density at radius 3 is 2.48 bits per heavy atom. The number of nitriles is 1. The average Bonchev–Trinajstić information content (AvgIpc) is 2.55. The molecule has 0 saturated carbocycles. The van der Waals surface area contributed by atoms with Gasteiger partial charge in [-0.2, -0.15) is 5.26 Å². The predicted molar refractivity (Wildman–Crippen MR) is 83.6 cm³/mol. The van der Waals surface area contributed by atoms with Gasteiger partial charge in [-0.15, -0.1) is 0 Å². The van der Waals surface area contributed by atoms with E-state index < -0.39 is 11.8 Å². The minimum atomic E-state index is -0.910. The number of anilines is 1. The second-order valence-corrected chi connectivity index (χ2v) is 5.96. The van der Waals surface area contributed by atoms with Crippen LogP contribution in [0.3, 0.4) is 0 Å². The highest BCUT2D eigenvalue weighted by Gasteiger charge is 2.51. The first-order chi connectivity index (χ1) is 9.71. The number of carbonyl (C=O) groups excluding carboxylic acids is 1.